The van der Waals surface area contributed by atoms with Crippen LogP contribution in [0.1, 0.15) is 51.9 Å². The lowest BCUT2D eigenvalue weighted by atomic mass is 9.83. The van der Waals surface area contributed by atoms with Gasteiger partial charge < -0.3 is 15.2 Å². The quantitative estimate of drug-likeness (QED) is 0.781. The van der Waals surface area contributed by atoms with Gasteiger partial charge in [-0.1, -0.05) is 12.8 Å². The third-order valence-electron chi connectivity index (χ3n) is 4.66. The summed E-state index contributed by atoms with van der Waals surface area (Å²) in [5.41, 5.74) is 5.26. The van der Waals surface area contributed by atoms with Crippen molar-refractivity contribution in [1.29, 1.82) is 0 Å². The second-order valence-corrected chi connectivity index (χ2v) is 6.13. The van der Waals surface area contributed by atoms with Gasteiger partial charge in [0.2, 0.25) is 0 Å². The Labute approximate surface area is 109 Å². The van der Waals surface area contributed by atoms with Crippen LogP contribution < -0.4 is 5.73 Å². The van der Waals surface area contributed by atoms with E-state index in [1.165, 1.54) is 32.8 Å². The standard InChI is InChI=1S/C14H25NO3/c1-13(10-15,12(16)17-2)9-11-5-8-14(18-11)6-3-4-7-14/h11H,3-10,15H2,1-2H3. The van der Waals surface area contributed by atoms with E-state index in [1.807, 2.05) is 6.92 Å². The van der Waals surface area contributed by atoms with Gasteiger partial charge in [-0.15, -0.1) is 0 Å². The van der Waals surface area contributed by atoms with E-state index in [1.54, 1.807) is 0 Å². The Hall–Kier alpha value is -0.610. The van der Waals surface area contributed by atoms with Gasteiger partial charge in [0.05, 0.1) is 24.2 Å². The summed E-state index contributed by atoms with van der Waals surface area (Å²) in [6.45, 7) is 2.19. The summed E-state index contributed by atoms with van der Waals surface area (Å²) in [5.74, 6) is -0.221. The SMILES string of the molecule is COC(=O)C(C)(CN)CC1CCC2(CCCC2)O1. The third-order valence-corrected chi connectivity index (χ3v) is 4.66. The number of carbonyl (C=O) groups excluding carboxylic acids is 1. The van der Waals surface area contributed by atoms with E-state index in [9.17, 15) is 4.79 Å². The third kappa shape index (κ3) is 2.54. The highest BCUT2D eigenvalue weighted by Crippen LogP contribution is 2.45. The van der Waals surface area contributed by atoms with Gasteiger partial charge in [-0.2, -0.15) is 0 Å². The number of methoxy groups -OCH3 is 1. The van der Waals surface area contributed by atoms with Crippen molar-refractivity contribution in [2.24, 2.45) is 11.1 Å². The zero-order chi connectivity index (χ0) is 13.2. The average Bonchev–Trinajstić information content (AvgIpc) is 2.99. The lowest BCUT2D eigenvalue weighted by Crippen LogP contribution is -2.40. The van der Waals surface area contributed by atoms with Crippen LogP contribution in [0.5, 0.6) is 0 Å². The minimum absolute atomic E-state index is 0.121. The fourth-order valence-electron chi connectivity index (χ4n) is 3.43. The van der Waals surface area contributed by atoms with Crippen molar-refractivity contribution in [3.63, 3.8) is 0 Å². The van der Waals surface area contributed by atoms with E-state index in [2.05, 4.69) is 0 Å². The van der Waals surface area contributed by atoms with Crippen LogP contribution >= 0.6 is 0 Å². The van der Waals surface area contributed by atoms with Crippen LogP contribution in [0.25, 0.3) is 0 Å². The lowest BCUT2D eigenvalue weighted by Gasteiger charge is -2.29. The van der Waals surface area contributed by atoms with Crippen LogP contribution in [-0.4, -0.2) is 31.3 Å². The Morgan fingerprint density at radius 1 is 1.44 bits per heavy atom. The molecule has 2 rings (SSSR count). The zero-order valence-corrected chi connectivity index (χ0v) is 11.5. The molecular weight excluding hydrogens is 230 g/mol. The first kappa shape index (κ1) is 13.8. The molecule has 104 valence electrons. The van der Waals surface area contributed by atoms with Crippen LogP contribution in [0, 0.1) is 5.41 Å². The minimum atomic E-state index is -0.608. The maximum absolute atomic E-state index is 11.8. The van der Waals surface area contributed by atoms with Crippen molar-refractivity contribution in [2.45, 2.75) is 63.6 Å². The molecule has 1 saturated carbocycles. The highest BCUT2D eigenvalue weighted by Gasteiger charge is 2.45. The molecule has 0 radical (unpaired) electrons. The number of carbonyl (C=O) groups is 1. The number of hydrogen-bond acceptors (Lipinski definition) is 4. The predicted molar refractivity (Wildman–Crippen MR) is 69.1 cm³/mol. The first-order chi connectivity index (χ1) is 8.53. The molecular formula is C14H25NO3. The number of hydrogen-bond donors (Lipinski definition) is 1. The number of esters is 1. The summed E-state index contributed by atoms with van der Waals surface area (Å²) in [7, 11) is 1.42. The molecule has 1 heterocycles. The smallest absolute Gasteiger partial charge is 0.312 e. The summed E-state index contributed by atoms with van der Waals surface area (Å²) >= 11 is 0. The highest BCUT2D eigenvalue weighted by molar-refractivity contribution is 5.76. The van der Waals surface area contributed by atoms with Gasteiger partial charge in [0.1, 0.15) is 0 Å². The fraction of sp³-hybridized carbons (Fsp3) is 0.929. The fourth-order valence-corrected chi connectivity index (χ4v) is 3.43. The molecule has 0 aromatic carbocycles. The summed E-state index contributed by atoms with van der Waals surface area (Å²) < 4.78 is 11.1. The van der Waals surface area contributed by atoms with E-state index < -0.39 is 5.41 Å². The van der Waals surface area contributed by atoms with Gasteiger partial charge in [0, 0.05) is 6.54 Å². The average molecular weight is 255 g/mol. The Morgan fingerprint density at radius 2 is 2.11 bits per heavy atom. The van der Waals surface area contributed by atoms with Crippen LogP contribution in [-0.2, 0) is 14.3 Å². The molecule has 1 aliphatic carbocycles. The molecule has 0 bridgehead atoms. The molecule has 2 atom stereocenters. The van der Waals surface area contributed by atoms with Crippen molar-refractivity contribution in [1.82, 2.24) is 0 Å². The van der Waals surface area contributed by atoms with Crippen LogP contribution in [0.4, 0.5) is 0 Å². The Kier molecular flexibility index (Phi) is 3.97. The molecule has 2 aliphatic rings. The van der Waals surface area contributed by atoms with Gasteiger partial charge in [-0.25, -0.2) is 0 Å². The minimum Gasteiger partial charge on any atom is -0.469 e. The van der Waals surface area contributed by atoms with Crippen LogP contribution in [0.2, 0.25) is 0 Å². The summed E-state index contributed by atoms with van der Waals surface area (Å²) in [5, 5.41) is 0. The highest BCUT2D eigenvalue weighted by atomic mass is 16.5. The second-order valence-electron chi connectivity index (χ2n) is 6.13. The molecule has 1 spiro atoms. The van der Waals surface area contributed by atoms with E-state index >= 15 is 0 Å². The molecule has 4 heteroatoms. The van der Waals surface area contributed by atoms with E-state index in [0.717, 1.165) is 12.8 Å². The Bertz CT molecular complexity index is 312. The molecule has 2 unspecified atom stereocenters. The maximum Gasteiger partial charge on any atom is 0.312 e. The molecule has 4 nitrogen and oxygen atoms in total. The van der Waals surface area contributed by atoms with E-state index in [-0.39, 0.29) is 17.7 Å². The summed E-state index contributed by atoms with van der Waals surface area (Å²) in [6, 6.07) is 0. The molecule has 1 saturated heterocycles. The monoisotopic (exact) mass is 255 g/mol. The van der Waals surface area contributed by atoms with Gasteiger partial charge in [0.25, 0.3) is 0 Å². The molecule has 18 heavy (non-hydrogen) atoms. The number of ether oxygens (including phenoxy) is 2. The van der Waals surface area contributed by atoms with Gasteiger partial charge in [-0.05, 0) is 39.0 Å². The molecule has 2 fully saturated rings. The predicted octanol–water partition coefficient (Wildman–Crippen LogP) is 2.01. The van der Waals surface area contributed by atoms with Crippen molar-refractivity contribution in [2.75, 3.05) is 13.7 Å². The van der Waals surface area contributed by atoms with Crippen molar-refractivity contribution >= 4 is 5.97 Å². The normalized spacial score (nSPS) is 29.4. The zero-order valence-electron chi connectivity index (χ0n) is 11.5. The number of nitrogens with two attached hydrogens (primary N) is 1. The van der Waals surface area contributed by atoms with Crippen molar-refractivity contribution < 1.29 is 14.3 Å². The molecule has 1 aliphatic heterocycles. The van der Waals surface area contributed by atoms with Crippen LogP contribution in [0.3, 0.4) is 0 Å². The molecule has 0 aromatic heterocycles. The van der Waals surface area contributed by atoms with Crippen molar-refractivity contribution in [3.05, 3.63) is 0 Å². The molecule has 0 aromatic rings. The Morgan fingerprint density at radius 3 is 2.67 bits per heavy atom. The second kappa shape index (κ2) is 5.17. The summed E-state index contributed by atoms with van der Waals surface area (Å²) in [4.78, 5) is 11.8. The van der Waals surface area contributed by atoms with Gasteiger partial charge >= 0.3 is 5.97 Å². The largest absolute Gasteiger partial charge is 0.469 e. The molecule has 2 N–H and O–H groups in total. The van der Waals surface area contributed by atoms with Gasteiger partial charge in [0.15, 0.2) is 0 Å². The topological polar surface area (TPSA) is 61.5 Å². The van der Waals surface area contributed by atoms with Crippen LogP contribution in [0.15, 0.2) is 0 Å². The first-order valence-corrected chi connectivity index (χ1v) is 7.00. The Balaban J connectivity index is 1.95. The number of rotatable bonds is 4. The maximum atomic E-state index is 11.8. The summed E-state index contributed by atoms with van der Waals surface area (Å²) in [6.07, 6.45) is 7.94. The van der Waals surface area contributed by atoms with E-state index in [4.69, 9.17) is 15.2 Å². The van der Waals surface area contributed by atoms with Gasteiger partial charge in [-0.3, -0.25) is 4.79 Å². The molecule has 0 amide bonds. The first-order valence-electron chi connectivity index (χ1n) is 7.00. The lowest BCUT2D eigenvalue weighted by molar-refractivity contribution is -0.154. The van der Waals surface area contributed by atoms with Crippen molar-refractivity contribution in [3.8, 4) is 0 Å². The van der Waals surface area contributed by atoms with E-state index in [0.29, 0.717) is 13.0 Å².